The highest BCUT2D eigenvalue weighted by atomic mass is 35.5. The molecule has 1 unspecified atom stereocenters. The molecule has 0 saturated carbocycles. The van der Waals surface area contributed by atoms with Crippen molar-refractivity contribution in [3.63, 3.8) is 0 Å². The summed E-state index contributed by atoms with van der Waals surface area (Å²) in [6.45, 7) is 4.85. The van der Waals surface area contributed by atoms with Gasteiger partial charge in [-0.2, -0.15) is 0 Å². The summed E-state index contributed by atoms with van der Waals surface area (Å²) in [6, 6.07) is 11.1. The number of furan rings is 1. The largest absolute Gasteiger partial charge is 0.451 e. The number of carbonyl (C=O) groups excluding carboxylic acids is 1. The Hall–Kier alpha value is -1.78. The third-order valence-corrected chi connectivity index (χ3v) is 4.20. The number of amides is 1. The Kier molecular flexibility index (Phi) is 5.85. The van der Waals surface area contributed by atoms with Crippen LogP contribution in [0.5, 0.6) is 0 Å². The monoisotopic (exact) mass is 334 g/mol. The van der Waals surface area contributed by atoms with Gasteiger partial charge in [-0.05, 0) is 44.3 Å². The molecule has 4 nitrogen and oxygen atoms in total. The zero-order chi connectivity index (χ0) is 17.0. The maximum Gasteiger partial charge on any atom is 0.287 e. The van der Waals surface area contributed by atoms with Crippen LogP contribution >= 0.6 is 11.6 Å². The summed E-state index contributed by atoms with van der Waals surface area (Å²) in [5, 5.41) is 3.53. The Balaban J connectivity index is 2.06. The van der Waals surface area contributed by atoms with Gasteiger partial charge in [0.2, 0.25) is 0 Å². The fourth-order valence-electron chi connectivity index (χ4n) is 2.56. The smallest absolute Gasteiger partial charge is 0.287 e. The van der Waals surface area contributed by atoms with Crippen LogP contribution in [-0.4, -0.2) is 37.5 Å². The van der Waals surface area contributed by atoms with Crippen molar-refractivity contribution < 1.29 is 9.21 Å². The Morgan fingerprint density at radius 3 is 2.52 bits per heavy atom. The third-order valence-electron chi connectivity index (χ3n) is 3.87. The van der Waals surface area contributed by atoms with E-state index in [1.54, 1.807) is 18.2 Å². The van der Waals surface area contributed by atoms with E-state index in [4.69, 9.17) is 16.0 Å². The molecule has 2 aromatic rings. The first-order valence-corrected chi connectivity index (χ1v) is 8.07. The molecule has 0 aliphatic rings. The summed E-state index contributed by atoms with van der Waals surface area (Å²) in [5.41, 5.74) is 0.779. The van der Waals surface area contributed by atoms with Crippen LogP contribution in [0.25, 0.3) is 11.3 Å². The van der Waals surface area contributed by atoms with Crippen LogP contribution < -0.4 is 5.32 Å². The molecule has 0 radical (unpaired) electrons. The lowest BCUT2D eigenvalue weighted by molar-refractivity contribution is 0.0908. The van der Waals surface area contributed by atoms with Crippen molar-refractivity contribution in [1.82, 2.24) is 10.2 Å². The number of likely N-dealkylation sites (N-methyl/N-ethyl adjacent to an activating group) is 1. The van der Waals surface area contributed by atoms with Gasteiger partial charge in [0.05, 0.1) is 5.02 Å². The van der Waals surface area contributed by atoms with Crippen LogP contribution in [0.2, 0.25) is 5.02 Å². The van der Waals surface area contributed by atoms with Crippen molar-refractivity contribution in [2.45, 2.75) is 19.9 Å². The summed E-state index contributed by atoms with van der Waals surface area (Å²) in [5.74, 6) is 1.12. The molecule has 1 heterocycles. The molecule has 0 aliphatic heterocycles. The molecule has 1 aromatic heterocycles. The summed E-state index contributed by atoms with van der Waals surface area (Å²) in [6.07, 6.45) is 0. The van der Waals surface area contributed by atoms with Crippen LogP contribution in [0, 0.1) is 5.92 Å². The van der Waals surface area contributed by atoms with E-state index in [2.05, 4.69) is 24.1 Å². The average molecular weight is 335 g/mol. The van der Waals surface area contributed by atoms with Crippen molar-refractivity contribution >= 4 is 17.5 Å². The van der Waals surface area contributed by atoms with Gasteiger partial charge in [-0.1, -0.05) is 37.6 Å². The van der Waals surface area contributed by atoms with Crippen molar-refractivity contribution in [1.29, 1.82) is 0 Å². The lowest BCUT2D eigenvalue weighted by atomic mass is 10.0. The van der Waals surface area contributed by atoms with Gasteiger partial charge >= 0.3 is 0 Å². The molecule has 1 aromatic carbocycles. The number of halogens is 1. The highest BCUT2D eigenvalue weighted by Gasteiger charge is 2.19. The highest BCUT2D eigenvalue weighted by molar-refractivity contribution is 6.33. The molecule has 23 heavy (non-hydrogen) atoms. The van der Waals surface area contributed by atoms with Gasteiger partial charge in [-0.15, -0.1) is 0 Å². The Morgan fingerprint density at radius 1 is 1.22 bits per heavy atom. The molecule has 124 valence electrons. The van der Waals surface area contributed by atoms with E-state index in [9.17, 15) is 4.79 Å². The van der Waals surface area contributed by atoms with E-state index in [0.29, 0.717) is 29.0 Å². The number of nitrogens with zero attached hydrogens (tertiary/aromatic N) is 1. The van der Waals surface area contributed by atoms with Gasteiger partial charge in [0.15, 0.2) is 5.76 Å². The third kappa shape index (κ3) is 4.36. The zero-order valence-electron chi connectivity index (χ0n) is 14.0. The number of nitrogens with one attached hydrogen (secondary N) is 1. The van der Waals surface area contributed by atoms with Gasteiger partial charge in [0.1, 0.15) is 5.76 Å². The molecule has 0 spiro atoms. The summed E-state index contributed by atoms with van der Waals surface area (Å²) in [7, 11) is 4.03. The second-order valence-electron chi connectivity index (χ2n) is 6.13. The van der Waals surface area contributed by atoms with Crippen LogP contribution in [0.15, 0.2) is 40.8 Å². The van der Waals surface area contributed by atoms with E-state index in [1.165, 1.54) is 0 Å². The van der Waals surface area contributed by atoms with E-state index >= 15 is 0 Å². The van der Waals surface area contributed by atoms with Crippen LogP contribution in [0.4, 0.5) is 0 Å². The summed E-state index contributed by atoms with van der Waals surface area (Å²) >= 11 is 6.15. The molecule has 1 atom stereocenters. The van der Waals surface area contributed by atoms with Crippen molar-refractivity contribution in [3.8, 4) is 11.3 Å². The second kappa shape index (κ2) is 7.66. The number of rotatable bonds is 6. The van der Waals surface area contributed by atoms with Gasteiger partial charge < -0.3 is 14.6 Å². The molecular formula is C18H23ClN2O2. The number of carbonyl (C=O) groups is 1. The molecule has 0 aliphatic carbocycles. The lowest BCUT2D eigenvalue weighted by Crippen LogP contribution is -2.43. The molecule has 0 saturated heterocycles. The maximum atomic E-state index is 12.3. The molecular weight excluding hydrogens is 312 g/mol. The minimum Gasteiger partial charge on any atom is -0.451 e. The first-order chi connectivity index (χ1) is 10.9. The standard InChI is InChI=1S/C18H23ClN2O2/c1-12(2)15(21(3)4)11-20-18(22)17-10-9-16(23-17)13-7-5-6-8-14(13)19/h5-10,12,15H,11H2,1-4H3,(H,20,22). The summed E-state index contributed by atoms with van der Waals surface area (Å²) < 4.78 is 5.66. The SMILES string of the molecule is CC(C)C(CNC(=O)c1ccc(-c2ccccc2Cl)o1)N(C)C. The van der Waals surface area contributed by atoms with Crippen molar-refractivity contribution in [3.05, 3.63) is 47.2 Å². The second-order valence-corrected chi connectivity index (χ2v) is 6.54. The van der Waals surface area contributed by atoms with Crippen molar-refractivity contribution in [2.24, 2.45) is 5.92 Å². The van der Waals surface area contributed by atoms with Gasteiger partial charge in [0, 0.05) is 18.2 Å². The van der Waals surface area contributed by atoms with Gasteiger partial charge in [-0.3, -0.25) is 4.79 Å². The van der Waals surface area contributed by atoms with E-state index in [0.717, 1.165) is 5.56 Å². The first kappa shape index (κ1) is 17.6. The van der Waals surface area contributed by atoms with E-state index < -0.39 is 0 Å². The predicted octanol–water partition coefficient (Wildman–Crippen LogP) is 3.92. The van der Waals surface area contributed by atoms with Crippen molar-refractivity contribution in [2.75, 3.05) is 20.6 Å². The Bertz CT molecular complexity index is 657. The quantitative estimate of drug-likeness (QED) is 0.871. The fourth-order valence-corrected chi connectivity index (χ4v) is 2.79. The predicted molar refractivity (Wildman–Crippen MR) is 93.8 cm³/mol. The van der Waals surface area contributed by atoms with Crippen LogP contribution in [0.3, 0.4) is 0 Å². The molecule has 5 heteroatoms. The van der Waals surface area contributed by atoms with Crippen LogP contribution in [-0.2, 0) is 0 Å². The number of hydrogen-bond acceptors (Lipinski definition) is 3. The topological polar surface area (TPSA) is 45.5 Å². The fraction of sp³-hybridized carbons (Fsp3) is 0.389. The Labute approximate surface area is 142 Å². The molecule has 0 bridgehead atoms. The molecule has 1 N–H and O–H groups in total. The molecule has 2 rings (SSSR count). The number of hydrogen-bond donors (Lipinski definition) is 1. The number of benzene rings is 1. The van der Waals surface area contributed by atoms with Gasteiger partial charge in [-0.25, -0.2) is 0 Å². The summed E-state index contributed by atoms with van der Waals surface area (Å²) in [4.78, 5) is 14.4. The minimum absolute atomic E-state index is 0.212. The Morgan fingerprint density at radius 2 is 1.91 bits per heavy atom. The normalized spacial score (nSPS) is 12.7. The van der Waals surface area contributed by atoms with E-state index in [-0.39, 0.29) is 11.9 Å². The lowest BCUT2D eigenvalue weighted by Gasteiger charge is -2.27. The minimum atomic E-state index is -0.212. The van der Waals surface area contributed by atoms with E-state index in [1.807, 2.05) is 32.3 Å². The average Bonchev–Trinajstić information content (AvgIpc) is 2.96. The molecule has 0 fully saturated rings. The maximum absolute atomic E-state index is 12.3. The first-order valence-electron chi connectivity index (χ1n) is 7.69. The van der Waals surface area contributed by atoms with Crippen LogP contribution in [0.1, 0.15) is 24.4 Å². The molecule has 1 amide bonds. The van der Waals surface area contributed by atoms with Gasteiger partial charge in [0.25, 0.3) is 5.91 Å². The highest BCUT2D eigenvalue weighted by Crippen LogP contribution is 2.28. The zero-order valence-corrected chi connectivity index (χ0v) is 14.7.